The molecule has 0 bridgehead atoms. The van der Waals surface area contributed by atoms with Crippen LogP contribution in [0.2, 0.25) is 0 Å². The zero-order valence-electron chi connectivity index (χ0n) is 13.6. The lowest BCUT2D eigenvalue weighted by molar-refractivity contribution is 0.108. The normalized spacial score (nSPS) is 22.6. The van der Waals surface area contributed by atoms with E-state index >= 15 is 0 Å². The molecule has 1 saturated carbocycles. The molecule has 0 radical (unpaired) electrons. The third kappa shape index (κ3) is 4.07. The van der Waals surface area contributed by atoms with E-state index in [2.05, 4.69) is 4.90 Å². The summed E-state index contributed by atoms with van der Waals surface area (Å²) in [6, 6.07) is 7.08. The van der Waals surface area contributed by atoms with Crippen molar-refractivity contribution in [2.75, 3.05) is 27.7 Å². The SMILES string of the molecule is CN(Cc1cccc(S(=O)(=O)N(C)C)c1)CC1CCCC1O. The van der Waals surface area contributed by atoms with E-state index in [0.717, 1.165) is 31.4 Å². The van der Waals surface area contributed by atoms with Crippen LogP contribution < -0.4 is 0 Å². The fourth-order valence-electron chi connectivity index (χ4n) is 3.02. The summed E-state index contributed by atoms with van der Waals surface area (Å²) in [5.41, 5.74) is 0.970. The lowest BCUT2D eigenvalue weighted by Gasteiger charge is -2.23. The number of nitrogens with zero attached hydrogens (tertiary/aromatic N) is 2. The largest absolute Gasteiger partial charge is 0.393 e. The average molecular weight is 326 g/mol. The van der Waals surface area contributed by atoms with Crippen molar-refractivity contribution in [1.82, 2.24) is 9.21 Å². The summed E-state index contributed by atoms with van der Waals surface area (Å²) in [7, 11) is 1.70. The summed E-state index contributed by atoms with van der Waals surface area (Å²) in [4.78, 5) is 2.48. The Morgan fingerprint density at radius 3 is 2.55 bits per heavy atom. The maximum atomic E-state index is 12.2. The highest BCUT2D eigenvalue weighted by Crippen LogP contribution is 2.26. The first-order valence-corrected chi connectivity index (χ1v) is 9.13. The fourth-order valence-corrected chi connectivity index (χ4v) is 3.99. The summed E-state index contributed by atoms with van der Waals surface area (Å²) < 4.78 is 25.6. The minimum atomic E-state index is -3.39. The highest BCUT2D eigenvalue weighted by atomic mass is 32.2. The van der Waals surface area contributed by atoms with Crippen LogP contribution in [0.5, 0.6) is 0 Å². The molecule has 1 aromatic rings. The first kappa shape index (κ1) is 17.4. The predicted molar refractivity (Wildman–Crippen MR) is 87.0 cm³/mol. The predicted octanol–water partition coefficient (Wildman–Crippen LogP) is 1.53. The molecule has 0 aliphatic heterocycles. The van der Waals surface area contributed by atoms with Gasteiger partial charge in [-0.05, 0) is 43.5 Å². The molecule has 1 N–H and O–H groups in total. The molecule has 1 aromatic carbocycles. The van der Waals surface area contributed by atoms with Crippen LogP contribution in [0.15, 0.2) is 29.2 Å². The van der Waals surface area contributed by atoms with Crippen LogP contribution in [-0.2, 0) is 16.6 Å². The van der Waals surface area contributed by atoms with Crippen LogP contribution in [-0.4, -0.2) is 56.5 Å². The lowest BCUT2D eigenvalue weighted by atomic mass is 10.1. The summed E-state index contributed by atoms with van der Waals surface area (Å²) >= 11 is 0. The quantitative estimate of drug-likeness (QED) is 0.861. The van der Waals surface area contributed by atoms with Crippen molar-refractivity contribution in [2.24, 2.45) is 5.92 Å². The average Bonchev–Trinajstić information content (AvgIpc) is 2.84. The number of aliphatic hydroxyl groups is 1. The van der Waals surface area contributed by atoms with E-state index in [4.69, 9.17) is 0 Å². The lowest BCUT2D eigenvalue weighted by Crippen LogP contribution is -2.29. The van der Waals surface area contributed by atoms with Crippen molar-refractivity contribution in [3.63, 3.8) is 0 Å². The van der Waals surface area contributed by atoms with Gasteiger partial charge in [-0.25, -0.2) is 12.7 Å². The number of sulfonamides is 1. The molecule has 0 heterocycles. The van der Waals surface area contributed by atoms with Crippen molar-refractivity contribution in [2.45, 2.75) is 36.8 Å². The molecule has 22 heavy (non-hydrogen) atoms. The van der Waals surface area contributed by atoms with E-state index in [1.807, 2.05) is 13.1 Å². The number of rotatable bonds is 6. The molecule has 6 heteroatoms. The van der Waals surface area contributed by atoms with Gasteiger partial charge in [0.25, 0.3) is 0 Å². The van der Waals surface area contributed by atoms with Crippen molar-refractivity contribution in [1.29, 1.82) is 0 Å². The summed E-state index contributed by atoms with van der Waals surface area (Å²) in [5, 5.41) is 9.90. The van der Waals surface area contributed by atoms with Crippen molar-refractivity contribution >= 4 is 10.0 Å². The smallest absolute Gasteiger partial charge is 0.242 e. The Labute approximate surface area is 133 Å². The first-order valence-electron chi connectivity index (χ1n) is 7.69. The molecule has 2 unspecified atom stereocenters. The van der Waals surface area contributed by atoms with Crippen LogP contribution in [0.4, 0.5) is 0 Å². The summed E-state index contributed by atoms with van der Waals surface area (Å²) in [6.45, 7) is 1.52. The molecule has 124 valence electrons. The number of benzene rings is 1. The molecule has 0 saturated heterocycles. The van der Waals surface area contributed by atoms with Crippen LogP contribution in [0.3, 0.4) is 0 Å². The highest BCUT2D eigenvalue weighted by molar-refractivity contribution is 7.89. The van der Waals surface area contributed by atoms with E-state index in [0.29, 0.717) is 17.4 Å². The van der Waals surface area contributed by atoms with Crippen LogP contribution in [0, 0.1) is 5.92 Å². The number of hydrogen-bond donors (Lipinski definition) is 1. The molecule has 0 spiro atoms. The summed E-state index contributed by atoms with van der Waals surface area (Å²) in [5.74, 6) is 0.332. The maximum absolute atomic E-state index is 12.2. The molecule has 1 fully saturated rings. The van der Waals surface area contributed by atoms with Crippen molar-refractivity contribution in [3.05, 3.63) is 29.8 Å². The van der Waals surface area contributed by atoms with E-state index in [1.165, 1.54) is 18.4 Å². The van der Waals surface area contributed by atoms with Crippen molar-refractivity contribution < 1.29 is 13.5 Å². The van der Waals surface area contributed by atoms with E-state index in [9.17, 15) is 13.5 Å². The second kappa shape index (κ2) is 7.08. The molecule has 5 nitrogen and oxygen atoms in total. The Bertz CT molecular complexity index is 601. The third-order valence-electron chi connectivity index (χ3n) is 4.29. The molecule has 1 aliphatic carbocycles. The topological polar surface area (TPSA) is 60.9 Å². The Kier molecular flexibility index (Phi) is 5.60. The van der Waals surface area contributed by atoms with Gasteiger partial charge in [0, 0.05) is 27.2 Å². The second-order valence-electron chi connectivity index (χ2n) is 6.39. The maximum Gasteiger partial charge on any atom is 0.242 e. The van der Waals surface area contributed by atoms with Gasteiger partial charge in [-0.2, -0.15) is 0 Å². The van der Waals surface area contributed by atoms with Crippen molar-refractivity contribution in [3.8, 4) is 0 Å². The standard InChI is InChI=1S/C16H26N2O3S/c1-17(2)22(20,21)15-8-4-6-13(10-15)11-18(3)12-14-7-5-9-16(14)19/h4,6,8,10,14,16,19H,5,7,9,11-12H2,1-3H3. The van der Waals surface area contributed by atoms with Gasteiger partial charge in [-0.15, -0.1) is 0 Å². The molecule has 2 atom stereocenters. The van der Waals surface area contributed by atoms with Gasteiger partial charge in [-0.1, -0.05) is 18.6 Å². The van der Waals surface area contributed by atoms with E-state index < -0.39 is 10.0 Å². The molecule has 1 aliphatic rings. The van der Waals surface area contributed by atoms with Gasteiger partial charge in [0.2, 0.25) is 10.0 Å². The first-order chi connectivity index (χ1) is 10.3. The van der Waals surface area contributed by atoms with Crippen LogP contribution in [0.25, 0.3) is 0 Å². The second-order valence-corrected chi connectivity index (χ2v) is 8.54. The van der Waals surface area contributed by atoms with Crippen LogP contribution >= 0.6 is 0 Å². The number of hydrogen-bond acceptors (Lipinski definition) is 4. The monoisotopic (exact) mass is 326 g/mol. The Hall–Kier alpha value is -0.950. The Morgan fingerprint density at radius 1 is 1.23 bits per heavy atom. The molecule has 0 amide bonds. The van der Waals surface area contributed by atoms with Gasteiger partial charge >= 0.3 is 0 Å². The third-order valence-corrected chi connectivity index (χ3v) is 6.11. The van der Waals surface area contributed by atoms with Gasteiger partial charge < -0.3 is 10.0 Å². The fraction of sp³-hybridized carbons (Fsp3) is 0.625. The van der Waals surface area contributed by atoms with Crippen LogP contribution in [0.1, 0.15) is 24.8 Å². The molecular formula is C16H26N2O3S. The molecule has 2 rings (SSSR count). The minimum Gasteiger partial charge on any atom is -0.393 e. The van der Waals surface area contributed by atoms with Gasteiger partial charge in [0.15, 0.2) is 0 Å². The van der Waals surface area contributed by atoms with Gasteiger partial charge in [0.05, 0.1) is 11.0 Å². The minimum absolute atomic E-state index is 0.192. The van der Waals surface area contributed by atoms with E-state index in [1.54, 1.807) is 18.2 Å². The summed E-state index contributed by atoms with van der Waals surface area (Å²) in [6.07, 6.45) is 2.87. The Balaban J connectivity index is 2.04. The number of aliphatic hydroxyl groups excluding tert-OH is 1. The van der Waals surface area contributed by atoms with Gasteiger partial charge in [0.1, 0.15) is 0 Å². The molecular weight excluding hydrogens is 300 g/mol. The molecule has 0 aromatic heterocycles. The zero-order chi connectivity index (χ0) is 16.3. The Morgan fingerprint density at radius 2 is 1.95 bits per heavy atom. The zero-order valence-corrected chi connectivity index (χ0v) is 14.4. The van der Waals surface area contributed by atoms with E-state index in [-0.39, 0.29) is 6.10 Å². The van der Waals surface area contributed by atoms with Gasteiger partial charge in [-0.3, -0.25) is 0 Å². The highest BCUT2D eigenvalue weighted by Gasteiger charge is 2.26.